The standard InChI is InChI=1S/C22H27N3O3S/c1-14-9-18(27-3)19(28-4)10-15(14)12-25(2)13-21(26)24-22-17(11-23)16-7-5-6-8-20(16)29-22/h9-10H,5-8,12-13H2,1-4H3,(H,24,26). The van der Waals surface area contributed by atoms with Crippen molar-refractivity contribution in [3.63, 3.8) is 0 Å². The summed E-state index contributed by atoms with van der Waals surface area (Å²) in [6, 6.07) is 6.18. The number of anilines is 1. The minimum Gasteiger partial charge on any atom is -0.493 e. The number of amides is 1. The molecule has 1 heterocycles. The highest BCUT2D eigenvalue weighted by atomic mass is 32.1. The zero-order valence-corrected chi connectivity index (χ0v) is 18.2. The fraction of sp³-hybridized carbons (Fsp3) is 0.455. The summed E-state index contributed by atoms with van der Waals surface area (Å²) in [6.07, 6.45) is 4.20. The van der Waals surface area contributed by atoms with Gasteiger partial charge in [-0.1, -0.05) is 0 Å². The summed E-state index contributed by atoms with van der Waals surface area (Å²) in [5.74, 6) is 1.26. The minimum absolute atomic E-state index is 0.110. The van der Waals surface area contributed by atoms with E-state index in [1.807, 2.05) is 31.0 Å². The molecule has 29 heavy (non-hydrogen) atoms. The van der Waals surface area contributed by atoms with Crippen LogP contribution in [0.15, 0.2) is 12.1 Å². The zero-order valence-electron chi connectivity index (χ0n) is 17.4. The molecule has 2 aromatic rings. The van der Waals surface area contributed by atoms with Crippen LogP contribution in [0.25, 0.3) is 0 Å². The number of rotatable bonds is 7. The molecule has 0 bridgehead atoms. The van der Waals surface area contributed by atoms with Crippen LogP contribution in [-0.4, -0.2) is 38.6 Å². The number of fused-ring (bicyclic) bond motifs is 1. The van der Waals surface area contributed by atoms with Crippen molar-refractivity contribution < 1.29 is 14.3 Å². The molecular formula is C22H27N3O3S. The Morgan fingerprint density at radius 1 is 1.24 bits per heavy atom. The van der Waals surface area contributed by atoms with Crippen molar-refractivity contribution >= 4 is 22.2 Å². The van der Waals surface area contributed by atoms with Gasteiger partial charge in [-0.05, 0) is 68.5 Å². The van der Waals surface area contributed by atoms with Crippen molar-refractivity contribution in [2.24, 2.45) is 0 Å². The second-order valence-electron chi connectivity index (χ2n) is 7.38. The first-order valence-corrected chi connectivity index (χ1v) is 10.5. The molecule has 1 amide bonds. The highest BCUT2D eigenvalue weighted by molar-refractivity contribution is 7.16. The second kappa shape index (κ2) is 9.29. The number of thiophene rings is 1. The van der Waals surface area contributed by atoms with E-state index in [0.29, 0.717) is 28.6 Å². The van der Waals surface area contributed by atoms with Crippen LogP contribution in [0.3, 0.4) is 0 Å². The van der Waals surface area contributed by atoms with Gasteiger partial charge in [0.2, 0.25) is 5.91 Å². The number of carbonyl (C=O) groups is 1. The van der Waals surface area contributed by atoms with Crippen LogP contribution >= 0.6 is 11.3 Å². The Morgan fingerprint density at radius 2 is 1.93 bits per heavy atom. The molecular weight excluding hydrogens is 386 g/mol. The molecule has 0 aliphatic heterocycles. The molecule has 0 fully saturated rings. The topological polar surface area (TPSA) is 74.6 Å². The van der Waals surface area contributed by atoms with Gasteiger partial charge in [-0.3, -0.25) is 9.69 Å². The van der Waals surface area contributed by atoms with Crippen LogP contribution in [0.5, 0.6) is 11.5 Å². The van der Waals surface area contributed by atoms with E-state index in [2.05, 4.69) is 11.4 Å². The molecule has 0 saturated carbocycles. The summed E-state index contributed by atoms with van der Waals surface area (Å²) >= 11 is 1.55. The third-order valence-electron chi connectivity index (χ3n) is 5.23. The molecule has 6 nitrogen and oxygen atoms in total. The fourth-order valence-corrected chi connectivity index (χ4v) is 4.98. The maximum Gasteiger partial charge on any atom is 0.239 e. The Bertz CT molecular complexity index is 946. The van der Waals surface area contributed by atoms with Gasteiger partial charge in [0, 0.05) is 11.4 Å². The van der Waals surface area contributed by atoms with Gasteiger partial charge in [0.25, 0.3) is 0 Å². The van der Waals surface area contributed by atoms with Gasteiger partial charge < -0.3 is 14.8 Å². The van der Waals surface area contributed by atoms with Crippen molar-refractivity contribution in [1.82, 2.24) is 4.90 Å². The molecule has 3 rings (SSSR count). The second-order valence-corrected chi connectivity index (χ2v) is 8.49. The molecule has 1 aliphatic rings. The molecule has 1 N–H and O–H groups in total. The number of aryl methyl sites for hydroxylation is 2. The number of ether oxygens (including phenoxy) is 2. The first-order chi connectivity index (χ1) is 14.0. The van der Waals surface area contributed by atoms with Crippen LogP contribution in [0, 0.1) is 18.3 Å². The van der Waals surface area contributed by atoms with Gasteiger partial charge in [-0.15, -0.1) is 11.3 Å². The number of nitriles is 1. The van der Waals surface area contributed by atoms with E-state index in [9.17, 15) is 10.1 Å². The zero-order chi connectivity index (χ0) is 21.0. The number of benzene rings is 1. The van der Waals surface area contributed by atoms with Gasteiger partial charge in [-0.2, -0.15) is 5.26 Å². The van der Waals surface area contributed by atoms with E-state index in [0.717, 1.165) is 42.4 Å². The van der Waals surface area contributed by atoms with E-state index in [4.69, 9.17) is 9.47 Å². The molecule has 7 heteroatoms. The molecule has 0 spiro atoms. The van der Waals surface area contributed by atoms with E-state index in [1.165, 1.54) is 4.88 Å². The van der Waals surface area contributed by atoms with Crippen LogP contribution in [0.4, 0.5) is 5.00 Å². The van der Waals surface area contributed by atoms with Crippen LogP contribution in [0.2, 0.25) is 0 Å². The third kappa shape index (κ3) is 4.72. The molecule has 0 unspecified atom stereocenters. The number of hydrogen-bond donors (Lipinski definition) is 1. The molecule has 0 radical (unpaired) electrons. The normalized spacial score (nSPS) is 13.0. The van der Waals surface area contributed by atoms with Crippen molar-refractivity contribution in [2.45, 2.75) is 39.2 Å². The number of hydrogen-bond acceptors (Lipinski definition) is 6. The predicted octanol–water partition coefficient (Wildman–Crippen LogP) is 3.89. The Balaban J connectivity index is 1.66. The van der Waals surface area contributed by atoms with Gasteiger partial charge in [0.05, 0.1) is 26.3 Å². The Labute approximate surface area is 176 Å². The Morgan fingerprint density at radius 3 is 2.62 bits per heavy atom. The Kier molecular flexibility index (Phi) is 6.78. The number of methoxy groups -OCH3 is 2. The van der Waals surface area contributed by atoms with E-state index in [1.54, 1.807) is 25.6 Å². The summed E-state index contributed by atoms with van der Waals surface area (Å²) in [5.41, 5.74) is 3.93. The Hall–Kier alpha value is -2.56. The average Bonchev–Trinajstić information content (AvgIpc) is 3.05. The highest BCUT2D eigenvalue weighted by Crippen LogP contribution is 2.37. The minimum atomic E-state index is -0.110. The van der Waals surface area contributed by atoms with Crippen LogP contribution in [0.1, 0.15) is 40.0 Å². The van der Waals surface area contributed by atoms with Crippen LogP contribution in [-0.2, 0) is 24.2 Å². The lowest BCUT2D eigenvalue weighted by atomic mass is 9.96. The smallest absolute Gasteiger partial charge is 0.239 e. The van der Waals surface area contributed by atoms with Crippen molar-refractivity contribution in [2.75, 3.05) is 33.1 Å². The van der Waals surface area contributed by atoms with E-state index < -0.39 is 0 Å². The molecule has 1 aromatic carbocycles. The lowest BCUT2D eigenvalue weighted by Crippen LogP contribution is -2.30. The quantitative estimate of drug-likeness (QED) is 0.745. The summed E-state index contributed by atoms with van der Waals surface area (Å²) in [7, 11) is 5.13. The summed E-state index contributed by atoms with van der Waals surface area (Å²) in [5, 5.41) is 13.2. The largest absolute Gasteiger partial charge is 0.493 e. The van der Waals surface area contributed by atoms with Crippen molar-refractivity contribution in [3.8, 4) is 17.6 Å². The SMILES string of the molecule is COc1cc(C)c(CN(C)CC(=O)Nc2sc3c(c2C#N)CCCC3)cc1OC. The summed E-state index contributed by atoms with van der Waals surface area (Å²) < 4.78 is 10.7. The maximum atomic E-state index is 12.6. The van der Waals surface area contributed by atoms with Gasteiger partial charge >= 0.3 is 0 Å². The van der Waals surface area contributed by atoms with Crippen molar-refractivity contribution in [1.29, 1.82) is 5.26 Å². The fourth-order valence-electron chi connectivity index (χ4n) is 3.72. The first kappa shape index (κ1) is 21.2. The molecule has 1 aliphatic carbocycles. The predicted molar refractivity (Wildman–Crippen MR) is 115 cm³/mol. The van der Waals surface area contributed by atoms with Gasteiger partial charge in [-0.25, -0.2) is 0 Å². The first-order valence-electron chi connectivity index (χ1n) is 9.71. The lowest BCUT2D eigenvalue weighted by Gasteiger charge is -2.19. The van der Waals surface area contributed by atoms with Gasteiger partial charge in [0.15, 0.2) is 11.5 Å². The lowest BCUT2D eigenvalue weighted by molar-refractivity contribution is -0.117. The molecule has 1 aromatic heterocycles. The van der Waals surface area contributed by atoms with Crippen molar-refractivity contribution in [3.05, 3.63) is 39.3 Å². The van der Waals surface area contributed by atoms with Gasteiger partial charge in [0.1, 0.15) is 11.1 Å². The summed E-state index contributed by atoms with van der Waals surface area (Å²) in [4.78, 5) is 15.8. The van der Waals surface area contributed by atoms with Crippen LogP contribution < -0.4 is 14.8 Å². The third-order valence-corrected chi connectivity index (χ3v) is 6.44. The van der Waals surface area contributed by atoms with E-state index in [-0.39, 0.29) is 12.5 Å². The molecule has 154 valence electrons. The number of nitrogens with zero attached hydrogens (tertiary/aromatic N) is 2. The number of likely N-dealkylation sites (N-methyl/N-ethyl adjacent to an activating group) is 1. The summed E-state index contributed by atoms with van der Waals surface area (Å²) in [6.45, 7) is 2.85. The monoisotopic (exact) mass is 413 g/mol. The average molecular weight is 414 g/mol. The molecule has 0 atom stereocenters. The molecule has 0 saturated heterocycles. The maximum absolute atomic E-state index is 12.6. The number of nitrogens with one attached hydrogen (secondary N) is 1. The highest BCUT2D eigenvalue weighted by Gasteiger charge is 2.22. The van der Waals surface area contributed by atoms with E-state index >= 15 is 0 Å². The number of carbonyl (C=O) groups excluding carboxylic acids is 1.